The van der Waals surface area contributed by atoms with E-state index in [1.807, 2.05) is 38.1 Å². The highest BCUT2D eigenvalue weighted by Crippen LogP contribution is 2.20. The summed E-state index contributed by atoms with van der Waals surface area (Å²) in [5.74, 6) is -0.0537. The van der Waals surface area contributed by atoms with Gasteiger partial charge >= 0.3 is 0 Å². The number of amides is 1. The van der Waals surface area contributed by atoms with Crippen LogP contribution in [0.15, 0.2) is 35.7 Å². The molecule has 0 fully saturated rings. The van der Waals surface area contributed by atoms with Gasteiger partial charge in [-0.3, -0.25) is 9.89 Å². The molecule has 2 aromatic rings. The van der Waals surface area contributed by atoms with Crippen LogP contribution in [0.3, 0.4) is 0 Å². The van der Waals surface area contributed by atoms with Gasteiger partial charge in [0.25, 0.3) is 0 Å². The zero-order valence-electron chi connectivity index (χ0n) is 10.2. The number of aromatic nitrogens is 3. The third-order valence-electron chi connectivity index (χ3n) is 2.34. The molecule has 1 unspecified atom stereocenters. The lowest BCUT2D eigenvalue weighted by Gasteiger charge is -2.10. The fourth-order valence-corrected chi connectivity index (χ4v) is 2.15. The number of rotatable bonds is 4. The fourth-order valence-electron chi connectivity index (χ4n) is 1.44. The number of nitrogens with zero attached hydrogens (tertiary/aromatic N) is 2. The Morgan fingerprint density at radius 1 is 1.50 bits per heavy atom. The molecule has 0 aliphatic carbocycles. The Morgan fingerprint density at radius 2 is 2.33 bits per heavy atom. The Morgan fingerprint density at radius 3 is 3.00 bits per heavy atom. The van der Waals surface area contributed by atoms with Crippen LogP contribution in [0.25, 0.3) is 0 Å². The lowest BCUT2D eigenvalue weighted by molar-refractivity contribution is -0.115. The first-order valence-corrected chi connectivity index (χ1v) is 6.42. The summed E-state index contributed by atoms with van der Waals surface area (Å²) in [6.45, 7) is 3.82. The maximum absolute atomic E-state index is 12.0. The molecule has 2 rings (SSSR count). The van der Waals surface area contributed by atoms with Crippen molar-refractivity contribution in [1.82, 2.24) is 15.2 Å². The van der Waals surface area contributed by atoms with Gasteiger partial charge in [0, 0.05) is 5.69 Å². The van der Waals surface area contributed by atoms with E-state index in [9.17, 15) is 4.79 Å². The first-order chi connectivity index (χ1) is 8.65. The average molecular weight is 262 g/mol. The van der Waals surface area contributed by atoms with E-state index < -0.39 is 0 Å². The summed E-state index contributed by atoms with van der Waals surface area (Å²) in [7, 11) is 0. The number of carbonyl (C=O) groups is 1. The normalized spacial score (nSPS) is 12.1. The molecule has 0 bridgehead atoms. The number of carbonyl (C=O) groups excluding carboxylic acids is 1. The molecule has 1 aromatic heterocycles. The number of thioether (sulfide) groups is 1. The number of aromatic amines is 1. The van der Waals surface area contributed by atoms with Gasteiger partial charge in [-0.05, 0) is 31.5 Å². The number of anilines is 1. The maximum Gasteiger partial charge on any atom is 0.237 e. The van der Waals surface area contributed by atoms with Crippen molar-refractivity contribution in [1.29, 1.82) is 0 Å². The average Bonchev–Trinajstić information content (AvgIpc) is 2.81. The van der Waals surface area contributed by atoms with Gasteiger partial charge < -0.3 is 5.32 Å². The van der Waals surface area contributed by atoms with Crippen LogP contribution < -0.4 is 5.32 Å². The molecule has 6 heteroatoms. The van der Waals surface area contributed by atoms with Crippen molar-refractivity contribution in [3.63, 3.8) is 0 Å². The van der Waals surface area contributed by atoms with Crippen molar-refractivity contribution >= 4 is 23.4 Å². The molecular formula is C12H14N4OS. The molecule has 0 aliphatic rings. The van der Waals surface area contributed by atoms with Gasteiger partial charge in [0.05, 0.1) is 5.25 Å². The van der Waals surface area contributed by atoms with Gasteiger partial charge in [-0.1, -0.05) is 23.9 Å². The Bertz CT molecular complexity index is 527. The Balaban J connectivity index is 1.95. The summed E-state index contributed by atoms with van der Waals surface area (Å²) < 4.78 is 0. The smallest absolute Gasteiger partial charge is 0.237 e. The number of H-pyrrole nitrogens is 1. The molecule has 1 amide bonds. The van der Waals surface area contributed by atoms with Crippen LogP contribution in [0.5, 0.6) is 0 Å². The molecule has 0 saturated heterocycles. The van der Waals surface area contributed by atoms with E-state index in [0.29, 0.717) is 5.16 Å². The first kappa shape index (κ1) is 12.6. The molecule has 1 atom stereocenters. The van der Waals surface area contributed by atoms with Gasteiger partial charge in [-0.25, -0.2) is 4.98 Å². The molecule has 0 spiro atoms. The van der Waals surface area contributed by atoms with Crippen molar-refractivity contribution in [3.8, 4) is 0 Å². The predicted molar refractivity (Wildman–Crippen MR) is 71.5 cm³/mol. The van der Waals surface area contributed by atoms with Crippen LogP contribution in [0.1, 0.15) is 12.5 Å². The van der Waals surface area contributed by atoms with Gasteiger partial charge in [-0.2, -0.15) is 5.10 Å². The minimum atomic E-state index is -0.238. The quantitative estimate of drug-likeness (QED) is 0.829. The van der Waals surface area contributed by atoms with Crippen molar-refractivity contribution < 1.29 is 4.79 Å². The lowest BCUT2D eigenvalue weighted by atomic mass is 10.2. The van der Waals surface area contributed by atoms with Crippen LogP contribution in [-0.4, -0.2) is 26.3 Å². The summed E-state index contributed by atoms with van der Waals surface area (Å²) in [5.41, 5.74) is 1.92. The molecule has 18 heavy (non-hydrogen) atoms. The second-order valence-corrected chi connectivity index (χ2v) is 5.24. The van der Waals surface area contributed by atoms with Crippen LogP contribution in [0.4, 0.5) is 5.69 Å². The molecule has 2 N–H and O–H groups in total. The highest BCUT2D eigenvalue weighted by Gasteiger charge is 2.15. The second kappa shape index (κ2) is 5.68. The summed E-state index contributed by atoms with van der Waals surface area (Å²) in [6, 6.07) is 7.71. The van der Waals surface area contributed by atoms with E-state index in [1.165, 1.54) is 18.1 Å². The van der Waals surface area contributed by atoms with E-state index in [2.05, 4.69) is 20.5 Å². The van der Waals surface area contributed by atoms with Gasteiger partial charge in [0.2, 0.25) is 5.91 Å². The second-order valence-electron chi connectivity index (χ2n) is 3.91. The highest BCUT2D eigenvalue weighted by atomic mass is 32.2. The fraction of sp³-hybridized carbons (Fsp3) is 0.250. The van der Waals surface area contributed by atoms with Crippen molar-refractivity contribution in [2.24, 2.45) is 0 Å². The Labute approximate surface area is 109 Å². The molecule has 5 nitrogen and oxygen atoms in total. The van der Waals surface area contributed by atoms with E-state index in [0.717, 1.165) is 11.3 Å². The molecule has 0 radical (unpaired) electrons. The number of benzene rings is 1. The largest absolute Gasteiger partial charge is 0.325 e. The first-order valence-electron chi connectivity index (χ1n) is 5.54. The standard InChI is InChI=1S/C12H14N4OS/c1-8-4-3-5-10(6-8)15-11(17)9(2)18-12-13-7-14-16-12/h3-7,9H,1-2H3,(H,15,17)(H,13,14,16). The maximum atomic E-state index is 12.0. The summed E-state index contributed by atoms with van der Waals surface area (Å²) in [6.07, 6.45) is 1.42. The minimum absolute atomic E-state index is 0.0537. The summed E-state index contributed by atoms with van der Waals surface area (Å²) in [4.78, 5) is 15.9. The van der Waals surface area contributed by atoms with Crippen LogP contribution in [0.2, 0.25) is 0 Å². The van der Waals surface area contributed by atoms with E-state index in [1.54, 1.807) is 0 Å². The third kappa shape index (κ3) is 3.33. The van der Waals surface area contributed by atoms with E-state index >= 15 is 0 Å². The van der Waals surface area contributed by atoms with Crippen molar-refractivity contribution in [3.05, 3.63) is 36.2 Å². The SMILES string of the molecule is Cc1cccc(NC(=O)C(C)Sc2ncn[nH]2)c1. The van der Waals surface area contributed by atoms with Gasteiger partial charge in [0.1, 0.15) is 6.33 Å². The zero-order valence-corrected chi connectivity index (χ0v) is 11.0. The zero-order chi connectivity index (χ0) is 13.0. The lowest BCUT2D eigenvalue weighted by Crippen LogP contribution is -2.22. The molecule has 0 aliphatic heterocycles. The van der Waals surface area contributed by atoms with Crippen LogP contribution in [0, 0.1) is 6.92 Å². The summed E-state index contributed by atoms with van der Waals surface area (Å²) in [5, 5.41) is 9.74. The highest BCUT2D eigenvalue weighted by molar-refractivity contribution is 8.00. The monoisotopic (exact) mass is 262 g/mol. The Hall–Kier alpha value is -1.82. The number of hydrogen-bond acceptors (Lipinski definition) is 4. The number of aryl methyl sites for hydroxylation is 1. The number of hydrogen-bond donors (Lipinski definition) is 2. The number of nitrogens with one attached hydrogen (secondary N) is 2. The topological polar surface area (TPSA) is 70.7 Å². The van der Waals surface area contributed by atoms with Crippen molar-refractivity contribution in [2.75, 3.05) is 5.32 Å². The van der Waals surface area contributed by atoms with E-state index in [4.69, 9.17) is 0 Å². The van der Waals surface area contributed by atoms with Crippen LogP contribution in [-0.2, 0) is 4.79 Å². The molecule has 0 saturated carbocycles. The third-order valence-corrected chi connectivity index (χ3v) is 3.32. The Kier molecular flexibility index (Phi) is 3.99. The molecule has 1 heterocycles. The summed E-state index contributed by atoms with van der Waals surface area (Å²) >= 11 is 1.34. The minimum Gasteiger partial charge on any atom is -0.325 e. The molecule has 1 aromatic carbocycles. The predicted octanol–water partition coefficient (Wildman–Crippen LogP) is 2.23. The molecule has 94 valence electrons. The van der Waals surface area contributed by atoms with Crippen molar-refractivity contribution in [2.45, 2.75) is 24.3 Å². The molecular weight excluding hydrogens is 248 g/mol. The van der Waals surface area contributed by atoms with Gasteiger partial charge in [-0.15, -0.1) is 0 Å². The van der Waals surface area contributed by atoms with Gasteiger partial charge in [0.15, 0.2) is 5.16 Å². The van der Waals surface area contributed by atoms with E-state index in [-0.39, 0.29) is 11.2 Å². The van der Waals surface area contributed by atoms with Crippen LogP contribution >= 0.6 is 11.8 Å².